The molecule has 0 aliphatic rings. The van der Waals surface area contributed by atoms with Crippen LogP contribution in [0.4, 0.5) is 8.78 Å². The summed E-state index contributed by atoms with van der Waals surface area (Å²) in [5, 5.41) is 12.0. The summed E-state index contributed by atoms with van der Waals surface area (Å²) >= 11 is 0. The van der Waals surface area contributed by atoms with E-state index >= 15 is 0 Å². The van der Waals surface area contributed by atoms with Gasteiger partial charge in [0.25, 0.3) is 0 Å². The van der Waals surface area contributed by atoms with Gasteiger partial charge in [0.2, 0.25) is 0 Å². The molecule has 0 heterocycles. The number of ether oxygens (including phenoxy) is 1. The predicted octanol–water partition coefficient (Wildman–Crippen LogP) is 3.45. The van der Waals surface area contributed by atoms with E-state index in [0.29, 0.717) is 24.2 Å². The molecule has 0 saturated carbocycles. The van der Waals surface area contributed by atoms with Crippen LogP contribution < -0.4 is 10.1 Å². The van der Waals surface area contributed by atoms with Gasteiger partial charge < -0.3 is 10.1 Å². The quantitative estimate of drug-likeness (QED) is 0.885. The second-order valence-corrected chi connectivity index (χ2v) is 4.40. The lowest BCUT2D eigenvalue weighted by molar-refractivity contribution is -0.0505. The molecule has 0 bridgehead atoms. The molecule has 0 unspecified atom stereocenters. The van der Waals surface area contributed by atoms with Crippen LogP contribution >= 0.6 is 0 Å². The van der Waals surface area contributed by atoms with Crippen molar-refractivity contribution in [3.63, 3.8) is 0 Å². The molecule has 2 aromatic rings. The third kappa shape index (κ3) is 4.55. The maximum Gasteiger partial charge on any atom is 0.387 e. The van der Waals surface area contributed by atoms with Crippen LogP contribution in [0.1, 0.15) is 16.7 Å². The first-order valence-corrected chi connectivity index (χ1v) is 6.41. The Bertz CT molecular complexity index is 638. The Labute approximate surface area is 121 Å². The second-order valence-electron chi connectivity index (χ2n) is 4.40. The van der Waals surface area contributed by atoms with Crippen molar-refractivity contribution in [2.45, 2.75) is 19.7 Å². The maximum atomic E-state index is 12.3. The van der Waals surface area contributed by atoms with Crippen molar-refractivity contribution in [3.8, 4) is 11.8 Å². The zero-order chi connectivity index (χ0) is 15.1. The number of hydrogen-bond donors (Lipinski definition) is 1. The first kappa shape index (κ1) is 14.9. The smallest absolute Gasteiger partial charge is 0.387 e. The van der Waals surface area contributed by atoms with E-state index in [2.05, 4.69) is 16.1 Å². The lowest BCUT2D eigenvalue weighted by Crippen LogP contribution is -2.14. The minimum absolute atomic E-state index is 0.172. The molecule has 0 spiro atoms. The molecule has 108 valence electrons. The molecule has 0 amide bonds. The number of rotatable bonds is 6. The van der Waals surface area contributed by atoms with E-state index < -0.39 is 6.61 Å². The zero-order valence-electron chi connectivity index (χ0n) is 11.2. The van der Waals surface area contributed by atoms with Crippen molar-refractivity contribution in [1.82, 2.24) is 5.32 Å². The van der Waals surface area contributed by atoms with E-state index in [1.807, 2.05) is 12.1 Å². The minimum Gasteiger partial charge on any atom is -0.434 e. The molecule has 3 nitrogen and oxygen atoms in total. The number of alkyl halides is 2. The molecule has 5 heteroatoms. The fourth-order valence-electron chi connectivity index (χ4n) is 1.95. The zero-order valence-corrected chi connectivity index (χ0v) is 11.2. The molecular weight excluding hydrogens is 274 g/mol. The number of nitrogens with one attached hydrogen (secondary N) is 1. The van der Waals surface area contributed by atoms with Crippen LogP contribution in [0.5, 0.6) is 5.75 Å². The fraction of sp³-hybridized carbons (Fsp3) is 0.188. The van der Waals surface area contributed by atoms with E-state index in [4.69, 9.17) is 5.26 Å². The number of halogens is 2. The van der Waals surface area contributed by atoms with Gasteiger partial charge in [-0.25, -0.2) is 0 Å². The molecule has 1 N–H and O–H groups in total. The molecule has 0 fully saturated rings. The van der Waals surface area contributed by atoms with Gasteiger partial charge in [-0.05, 0) is 23.8 Å². The van der Waals surface area contributed by atoms with Crippen molar-refractivity contribution in [3.05, 3.63) is 65.2 Å². The Balaban J connectivity index is 1.96. The fourth-order valence-corrected chi connectivity index (χ4v) is 1.95. The summed E-state index contributed by atoms with van der Waals surface area (Å²) in [6.45, 7) is -1.89. The number of nitrogens with zero attached hydrogens (tertiary/aromatic N) is 1. The van der Waals surface area contributed by atoms with Gasteiger partial charge in [0, 0.05) is 18.7 Å². The van der Waals surface area contributed by atoms with E-state index in [1.165, 1.54) is 6.07 Å². The van der Waals surface area contributed by atoms with Gasteiger partial charge in [0.15, 0.2) is 0 Å². The van der Waals surface area contributed by atoms with Crippen molar-refractivity contribution in [1.29, 1.82) is 5.26 Å². The van der Waals surface area contributed by atoms with E-state index in [1.54, 1.807) is 30.3 Å². The average Bonchev–Trinajstić information content (AvgIpc) is 2.49. The van der Waals surface area contributed by atoms with Gasteiger partial charge in [0.1, 0.15) is 5.75 Å². The molecule has 2 rings (SSSR count). The van der Waals surface area contributed by atoms with Gasteiger partial charge in [-0.3, -0.25) is 0 Å². The topological polar surface area (TPSA) is 45.0 Å². The molecule has 0 radical (unpaired) electrons. The van der Waals surface area contributed by atoms with Crippen LogP contribution in [0.3, 0.4) is 0 Å². The van der Waals surface area contributed by atoms with Crippen molar-refractivity contribution >= 4 is 0 Å². The highest BCUT2D eigenvalue weighted by Crippen LogP contribution is 2.20. The van der Waals surface area contributed by atoms with Crippen LogP contribution in [0.15, 0.2) is 48.5 Å². The standard InChI is InChI=1S/C16H14F2N2O/c17-16(18)21-15-7-2-1-6-14(15)11-20-10-13-5-3-4-12(8-13)9-19/h1-8,16,20H,10-11H2. The molecule has 0 atom stereocenters. The van der Waals surface area contributed by atoms with Gasteiger partial charge >= 0.3 is 6.61 Å². The summed E-state index contributed by atoms with van der Waals surface area (Å²) in [6.07, 6.45) is 0. The van der Waals surface area contributed by atoms with Crippen molar-refractivity contribution in [2.24, 2.45) is 0 Å². The summed E-state index contributed by atoms with van der Waals surface area (Å²) in [7, 11) is 0. The average molecular weight is 288 g/mol. The summed E-state index contributed by atoms with van der Waals surface area (Å²) in [4.78, 5) is 0. The normalized spacial score (nSPS) is 10.4. The van der Waals surface area contributed by atoms with Crippen LogP contribution in [0, 0.1) is 11.3 Å². The monoisotopic (exact) mass is 288 g/mol. The van der Waals surface area contributed by atoms with Gasteiger partial charge in [0.05, 0.1) is 11.6 Å². The SMILES string of the molecule is N#Cc1cccc(CNCc2ccccc2OC(F)F)c1. The largest absolute Gasteiger partial charge is 0.434 e. The third-order valence-corrected chi connectivity index (χ3v) is 2.89. The highest BCUT2D eigenvalue weighted by atomic mass is 19.3. The lowest BCUT2D eigenvalue weighted by atomic mass is 10.1. The highest BCUT2D eigenvalue weighted by Gasteiger charge is 2.08. The lowest BCUT2D eigenvalue weighted by Gasteiger charge is -2.11. The van der Waals surface area contributed by atoms with Crippen LogP contribution in [0.25, 0.3) is 0 Å². The van der Waals surface area contributed by atoms with E-state index in [-0.39, 0.29) is 5.75 Å². The van der Waals surface area contributed by atoms with Gasteiger partial charge in [-0.2, -0.15) is 14.0 Å². The summed E-state index contributed by atoms with van der Waals surface area (Å²) < 4.78 is 29.1. The van der Waals surface area contributed by atoms with Gasteiger partial charge in [-0.15, -0.1) is 0 Å². The predicted molar refractivity (Wildman–Crippen MR) is 74.8 cm³/mol. The molecule has 21 heavy (non-hydrogen) atoms. The Morgan fingerprint density at radius 3 is 2.67 bits per heavy atom. The maximum absolute atomic E-state index is 12.3. The minimum atomic E-state index is -2.83. The number of benzene rings is 2. The highest BCUT2D eigenvalue weighted by molar-refractivity contribution is 5.34. The summed E-state index contributed by atoms with van der Waals surface area (Å²) in [5.41, 5.74) is 2.21. The number of hydrogen-bond acceptors (Lipinski definition) is 3. The first-order valence-electron chi connectivity index (χ1n) is 6.41. The van der Waals surface area contributed by atoms with E-state index in [0.717, 1.165) is 5.56 Å². The van der Waals surface area contributed by atoms with Crippen LogP contribution in [-0.2, 0) is 13.1 Å². The molecular formula is C16H14F2N2O. The molecule has 0 aliphatic heterocycles. The van der Waals surface area contributed by atoms with Crippen molar-refractivity contribution in [2.75, 3.05) is 0 Å². The third-order valence-electron chi connectivity index (χ3n) is 2.89. The van der Waals surface area contributed by atoms with Crippen LogP contribution in [0.2, 0.25) is 0 Å². The van der Waals surface area contributed by atoms with Crippen LogP contribution in [-0.4, -0.2) is 6.61 Å². The first-order chi connectivity index (χ1) is 10.2. The molecule has 0 saturated heterocycles. The Morgan fingerprint density at radius 1 is 1.10 bits per heavy atom. The number of para-hydroxylation sites is 1. The summed E-state index contributed by atoms with van der Waals surface area (Å²) in [6, 6.07) is 16.0. The summed E-state index contributed by atoms with van der Waals surface area (Å²) in [5.74, 6) is 0.172. The number of nitriles is 1. The van der Waals surface area contributed by atoms with E-state index in [9.17, 15) is 8.78 Å². The van der Waals surface area contributed by atoms with Gasteiger partial charge in [-0.1, -0.05) is 30.3 Å². The molecule has 0 aromatic heterocycles. The Hall–Kier alpha value is -2.45. The molecule has 0 aliphatic carbocycles. The van der Waals surface area contributed by atoms with Crippen molar-refractivity contribution < 1.29 is 13.5 Å². The molecule has 2 aromatic carbocycles. The second kappa shape index (κ2) is 7.36. The Morgan fingerprint density at radius 2 is 1.90 bits per heavy atom. The Kier molecular flexibility index (Phi) is 5.24.